The van der Waals surface area contributed by atoms with Gasteiger partial charge in [-0.2, -0.15) is 0 Å². The van der Waals surface area contributed by atoms with Gasteiger partial charge in [0.1, 0.15) is 0 Å². The lowest BCUT2D eigenvalue weighted by molar-refractivity contribution is -0.0735. The monoisotopic (exact) mass is 203 g/mol. The molecule has 0 aromatic heterocycles. The minimum Gasteiger partial charge on any atom is -0.394 e. The Morgan fingerprint density at radius 2 is 1.93 bits per heavy atom. The molecule has 1 rings (SSSR count). The number of ether oxygens (including phenoxy) is 2. The molecule has 0 spiro atoms. The molecule has 1 aliphatic rings. The molecule has 4 heteroatoms. The van der Waals surface area contributed by atoms with Crippen molar-refractivity contribution in [2.75, 3.05) is 39.5 Å². The molecule has 1 saturated heterocycles. The van der Waals surface area contributed by atoms with Crippen molar-refractivity contribution in [3.8, 4) is 0 Å². The van der Waals surface area contributed by atoms with Crippen LogP contribution in [0, 0.1) is 0 Å². The summed E-state index contributed by atoms with van der Waals surface area (Å²) in [6.45, 7) is 8.32. The van der Waals surface area contributed by atoms with Gasteiger partial charge in [0.25, 0.3) is 0 Å². The molecule has 1 fully saturated rings. The summed E-state index contributed by atoms with van der Waals surface area (Å²) in [6, 6.07) is 0. The van der Waals surface area contributed by atoms with E-state index in [0.29, 0.717) is 25.4 Å². The molecule has 0 aliphatic carbocycles. The van der Waals surface area contributed by atoms with Gasteiger partial charge in [-0.25, -0.2) is 0 Å². The molecule has 14 heavy (non-hydrogen) atoms. The van der Waals surface area contributed by atoms with Gasteiger partial charge in [-0.15, -0.1) is 0 Å². The predicted octanol–water partition coefficient (Wildman–Crippen LogP) is 0.104. The molecule has 0 amide bonds. The normalized spacial score (nSPS) is 29.4. The lowest BCUT2D eigenvalue weighted by atomic mass is 10.2. The lowest BCUT2D eigenvalue weighted by Crippen LogP contribution is -2.46. The summed E-state index contributed by atoms with van der Waals surface area (Å²) < 4.78 is 10.8. The van der Waals surface area contributed by atoms with Crippen molar-refractivity contribution in [3.63, 3.8) is 0 Å². The molecule has 0 unspecified atom stereocenters. The average molecular weight is 203 g/mol. The highest BCUT2D eigenvalue weighted by atomic mass is 16.5. The Morgan fingerprint density at radius 3 is 2.50 bits per heavy atom. The molecule has 0 aromatic carbocycles. The summed E-state index contributed by atoms with van der Waals surface area (Å²) in [5.41, 5.74) is 0. The van der Waals surface area contributed by atoms with Crippen LogP contribution in [-0.4, -0.2) is 61.7 Å². The molecule has 0 aromatic rings. The van der Waals surface area contributed by atoms with Crippen LogP contribution in [0.4, 0.5) is 0 Å². The van der Waals surface area contributed by atoms with E-state index in [1.807, 2.05) is 0 Å². The summed E-state index contributed by atoms with van der Waals surface area (Å²) in [5.74, 6) is 0. The van der Waals surface area contributed by atoms with Gasteiger partial charge in [0.2, 0.25) is 0 Å². The van der Waals surface area contributed by atoms with E-state index < -0.39 is 0 Å². The summed E-state index contributed by atoms with van der Waals surface area (Å²) in [7, 11) is 0. The quantitative estimate of drug-likeness (QED) is 0.644. The number of morpholine rings is 1. The molecule has 0 saturated carbocycles. The number of rotatable bonds is 5. The van der Waals surface area contributed by atoms with Crippen LogP contribution in [-0.2, 0) is 9.47 Å². The van der Waals surface area contributed by atoms with Crippen LogP contribution in [0.1, 0.15) is 13.8 Å². The second-order valence-electron chi connectivity index (χ2n) is 3.85. The average Bonchev–Trinajstić information content (AvgIpc) is 2.11. The smallest absolute Gasteiger partial charge is 0.0698 e. The summed E-state index contributed by atoms with van der Waals surface area (Å²) >= 11 is 0. The number of hydrogen-bond acceptors (Lipinski definition) is 4. The summed E-state index contributed by atoms with van der Waals surface area (Å²) in [4.78, 5) is 2.34. The first-order chi connectivity index (χ1) is 6.72. The molecule has 1 heterocycles. The van der Waals surface area contributed by atoms with Crippen molar-refractivity contribution >= 4 is 0 Å². The molecule has 4 nitrogen and oxygen atoms in total. The van der Waals surface area contributed by atoms with Crippen molar-refractivity contribution in [1.82, 2.24) is 4.90 Å². The van der Waals surface area contributed by atoms with Gasteiger partial charge in [0.05, 0.1) is 32.0 Å². The number of aliphatic hydroxyl groups is 1. The van der Waals surface area contributed by atoms with E-state index in [2.05, 4.69) is 18.7 Å². The lowest BCUT2D eigenvalue weighted by Gasteiger charge is -2.35. The van der Waals surface area contributed by atoms with Crippen LogP contribution in [0.25, 0.3) is 0 Å². The van der Waals surface area contributed by atoms with E-state index in [1.54, 1.807) is 0 Å². The van der Waals surface area contributed by atoms with Crippen LogP contribution in [0.3, 0.4) is 0 Å². The topological polar surface area (TPSA) is 41.9 Å². The maximum Gasteiger partial charge on any atom is 0.0698 e. The second-order valence-corrected chi connectivity index (χ2v) is 3.85. The van der Waals surface area contributed by atoms with E-state index in [9.17, 15) is 0 Å². The van der Waals surface area contributed by atoms with Gasteiger partial charge in [-0.1, -0.05) is 0 Å². The fraction of sp³-hybridized carbons (Fsp3) is 1.00. The second kappa shape index (κ2) is 6.35. The molecule has 0 radical (unpaired) electrons. The SMILES string of the molecule is C[C@@H]1CN(CCOCCO)C[C@H](C)O1. The molecule has 0 bridgehead atoms. The standard InChI is InChI=1S/C10H21NO3/c1-9-7-11(8-10(2)14-9)3-5-13-6-4-12/h9-10,12H,3-8H2,1-2H3/t9-,10+. The summed E-state index contributed by atoms with van der Waals surface area (Å²) in [6.07, 6.45) is 0.633. The molecular formula is C10H21NO3. The van der Waals surface area contributed by atoms with E-state index in [4.69, 9.17) is 14.6 Å². The van der Waals surface area contributed by atoms with Gasteiger partial charge in [-0.05, 0) is 13.8 Å². The van der Waals surface area contributed by atoms with Gasteiger partial charge in [0.15, 0.2) is 0 Å². The van der Waals surface area contributed by atoms with E-state index in [0.717, 1.165) is 19.6 Å². The zero-order chi connectivity index (χ0) is 10.4. The highest BCUT2D eigenvalue weighted by molar-refractivity contribution is 4.72. The predicted molar refractivity (Wildman–Crippen MR) is 54.4 cm³/mol. The van der Waals surface area contributed by atoms with Crippen molar-refractivity contribution in [1.29, 1.82) is 0 Å². The Balaban J connectivity index is 2.10. The Bertz CT molecular complexity index is 144. The van der Waals surface area contributed by atoms with E-state index in [1.165, 1.54) is 0 Å². The van der Waals surface area contributed by atoms with Crippen LogP contribution in [0.2, 0.25) is 0 Å². The Hall–Kier alpha value is -0.160. The number of hydrogen-bond donors (Lipinski definition) is 1. The highest BCUT2D eigenvalue weighted by Gasteiger charge is 2.21. The third kappa shape index (κ3) is 4.37. The first kappa shape index (κ1) is 11.9. The van der Waals surface area contributed by atoms with E-state index >= 15 is 0 Å². The molecule has 1 N–H and O–H groups in total. The van der Waals surface area contributed by atoms with Gasteiger partial charge >= 0.3 is 0 Å². The number of nitrogens with zero attached hydrogens (tertiary/aromatic N) is 1. The van der Waals surface area contributed by atoms with Crippen molar-refractivity contribution in [2.45, 2.75) is 26.1 Å². The Morgan fingerprint density at radius 1 is 1.29 bits per heavy atom. The molecular weight excluding hydrogens is 182 g/mol. The third-order valence-corrected chi connectivity index (χ3v) is 2.28. The zero-order valence-electron chi connectivity index (χ0n) is 9.11. The first-order valence-corrected chi connectivity index (χ1v) is 5.28. The number of aliphatic hydroxyl groups excluding tert-OH is 1. The van der Waals surface area contributed by atoms with Crippen molar-refractivity contribution in [2.24, 2.45) is 0 Å². The zero-order valence-corrected chi connectivity index (χ0v) is 9.11. The third-order valence-electron chi connectivity index (χ3n) is 2.28. The highest BCUT2D eigenvalue weighted by Crippen LogP contribution is 2.09. The Labute approximate surface area is 85.8 Å². The fourth-order valence-electron chi connectivity index (χ4n) is 1.83. The van der Waals surface area contributed by atoms with Gasteiger partial charge in [0, 0.05) is 19.6 Å². The maximum atomic E-state index is 8.53. The minimum atomic E-state index is 0.107. The Kier molecular flexibility index (Phi) is 5.40. The van der Waals surface area contributed by atoms with Crippen LogP contribution in [0.15, 0.2) is 0 Å². The van der Waals surface area contributed by atoms with Crippen LogP contribution in [0.5, 0.6) is 0 Å². The molecule has 2 atom stereocenters. The maximum absolute atomic E-state index is 8.53. The van der Waals surface area contributed by atoms with Crippen LogP contribution < -0.4 is 0 Å². The minimum absolute atomic E-state index is 0.107. The van der Waals surface area contributed by atoms with E-state index in [-0.39, 0.29) is 6.61 Å². The van der Waals surface area contributed by atoms with Gasteiger partial charge in [-0.3, -0.25) is 4.90 Å². The summed E-state index contributed by atoms with van der Waals surface area (Å²) in [5, 5.41) is 8.53. The van der Waals surface area contributed by atoms with Gasteiger partial charge < -0.3 is 14.6 Å². The molecule has 1 aliphatic heterocycles. The van der Waals surface area contributed by atoms with Crippen molar-refractivity contribution < 1.29 is 14.6 Å². The molecule has 84 valence electrons. The van der Waals surface area contributed by atoms with Crippen LogP contribution >= 0.6 is 0 Å². The first-order valence-electron chi connectivity index (χ1n) is 5.28. The fourth-order valence-corrected chi connectivity index (χ4v) is 1.83. The van der Waals surface area contributed by atoms with Crippen molar-refractivity contribution in [3.05, 3.63) is 0 Å². The largest absolute Gasteiger partial charge is 0.394 e.